The van der Waals surface area contributed by atoms with Crippen molar-refractivity contribution >= 4 is 17.2 Å². The summed E-state index contributed by atoms with van der Waals surface area (Å²) in [6.07, 6.45) is -3.33. The van der Waals surface area contributed by atoms with Crippen LogP contribution in [0.4, 0.5) is 33.5 Å². The molecule has 1 aromatic carbocycles. The minimum Gasteiger partial charge on any atom is -0.435 e. The van der Waals surface area contributed by atoms with E-state index in [1.165, 1.54) is 53.1 Å². The molecule has 0 spiro atoms. The standard InChI is InChI=1S/C21H12F5N5O/c22-20(23)32-14-6-4-13(5-7-14)28-16-10-12(11-27)9-15(29-16)18-19(21(24,25)26)30-17-3-1-2-8-31(17)18/h1-10,20H,(H,28,29). The fourth-order valence-corrected chi connectivity index (χ4v) is 3.09. The number of halogens is 5. The lowest BCUT2D eigenvalue weighted by Gasteiger charge is -2.11. The van der Waals surface area contributed by atoms with E-state index in [1.54, 1.807) is 12.1 Å². The summed E-state index contributed by atoms with van der Waals surface area (Å²) in [5.74, 6) is 0.0195. The summed E-state index contributed by atoms with van der Waals surface area (Å²) < 4.78 is 71.1. The monoisotopic (exact) mass is 445 g/mol. The molecule has 0 atom stereocenters. The average Bonchev–Trinajstić information content (AvgIpc) is 3.15. The molecule has 0 aliphatic carbocycles. The number of ether oxygens (including phenoxy) is 1. The zero-order valence-electron chi connectivity index (χ0n) is 15.9. The Morgan fingerprint density at radius 1 is 1.03 bits per heavy atom. The summed E-state index contributed by atoms with van der Waals surface area (Å²) in [5, 5.41) is 12.2. The normalized spacial score (nSPS) is 11.5. The molecule has 3 heterocycles. The van der Waals surface area contributed by atoms with Gasteiger partial charge < -0.3 is 10.1 Å². The van der Waals surface area contributed by atoms with Gasteiger partial charge in [-0.05, 0) is 48.5 Å². The van der Waals surface area contributed by atoms with Crippen molar-refractivity contribution in [2.75, 3.05) is 5.32 Å². The molecule has 3 aromatic heterocycles. The van der Waals surface area contributed by atoms with Crippen molar-refractivity contribution in [3.63, 3.8) is 0 Å². The van der Waals surface area contributed by atoms with Crippen molar-refractivity contribution in [2.45, 2.75) is 12.8 Å². The van der Waals surface area contributed by atoms with E-state index in [9.17, 15) is 27.2 Å². The molecule has 0 saturated heterocycles. The zero-order valence-corrected chi connectivity index (χ0v) is 15.9. The van der Waals surface area contributed by atoms with Crippen LogP contribution in [0.3, 0.4) is 0 Å². The predicted molar refractivity (Wildman–Crippen MR) is 104 cm³/mol. The van der Waals surface area contributed by atoms with Crippen LogP contribution in [0.1, 0.15) is 11.3 Å². The van der Waals surface area contributed by atoms with Crippen molar-refractivity contribution in [3.8, 4) is 23.2 Å². The Labute approximate surface area is 177 Å². The lowest BCUT2D eigenvalue weighted by Crippen LogP contribution is -2.09. The molecule has 6 nitrogen and oxygen atoms in total. The lowest BCUT2D eigenvalue weighted by atomic mass is 10.1. The van der Waals surface area contributed by atoms with Crippen LogP contribution in [0.5, 0.6) is 5.75 Å². The van der Waals surface area contributed by atoms with E-state index in [1.807, 2.05) is 6.07 Å². The number of fused-ring (bicyclic) bond motifs is 1. The fraction of sp³-hybridized carbons (Fsp3) is 0.0952. The van der Waals surface area contributed by atoms with Crippen molar-refractivity contribution in [3.05, 3.63) is 72.1 Å². The SMILES string of the molecule is N#Cc1cc(Nc2ccc(OC(F)F)cc2)nc(-c2c(C(F)(F)F)nc3ccccn23)c1. The van der Waals surface area contributed by atoms with Gasteiger partial charge in [-0.2, -0.15) is 27.2 Å². The van der Waals surface area contributed by atoms with Crippen LogP contribution in [0.25, 0.3) is 17.0 Å². The van der Waals surface area contributed by atoms with E-state index in [0.717, 1.165) is 0 Å². The minimum atomic E-state index is -4.75. The summed E-state index contributed by atoms with van der Waals surface area (Å²) in [6.45, 7) is -2.97. The lowest BCUT2D eigenvalue weighted by molar-refractivity contribution is -0.140. The highest BCUT2D eigenvalue weighted by Gasteiger charge is 2.38. The Morgan fingerprint density at radius 2 is 1.78 bits per heavy atom. The number of anilines is 2. The molecular formula is C21H12F5N5O. The number of hydrogen-bond acceptors (Lipinski definition) is 5. The Kier molecular flexibility index (Phi) is 5.36. The van der Waals surface area contributed by atoms with Gasteiger partial charge in [0.15, 0.2) is 5.69 Å². The Balaban J connectivity index is 1.78. The number of rotatable bonds is 5. The number of benzene rings is 1. The van der Waals surface area contributed by atoms with Gasteiger partial charge in [-0.15, -0.1) is 0 Å². The van der Waals surface area contributed by atoms with Crippen LogP contribution in [-0.4, -0.2) is 21.0 Å². The third-order valence-electron chi connectivity index (χ3n) is 4.35. The third-order valence-corrected chi connectivity index (χ3v) is 4.35. The first-order chi connectivity index (χ1) is 15.2. The number of imidazole rings is 1. The largest absolute Gasteiger partial charge is 0.435 e. The van der Waals surface area contributed by atoms with Crippen molar-refractivity contribution in [1.82, 2.24) is 14.4 Å². The van der Waals surface area contributed by atoms with Gasteiger partial charge in [0, 0.05) is 11.9 Å². The number of aromatic nitrogens is 3. The summed E-state index contributed by atoms with van der Waals surface area (Å²) in [5.41, 5.74) is -1.03. The summed E-state index contributed by atoms with van der Waals surface area (Å²) >= 11 is 0. The highest BCUT2D eigenvalue weighted by atomic mass is 19.4. The molecule has 0 fully saturated rings. The number of nitrogens with one attached hydrogen (secondary N) is 1. The fourth-order valence-electron chi connectivity index (χ4n) is 3.09. The first-order valence-electron chi connectivity index (χ1n) is 9.03. The number of nitriles is 1. The minimum absolute atomic E-state index is 0.0640. The maximum Gasteiger partial charge on any atom is 0.435 e. The van der Waals surface area contributed by atoms with E-state index in [2.05, 4.69) is 20.0 Å². The summed E-state index contributed by atoms with van der Waals surface area (Å²) in [6, 6.07) is 14.4. The second-order valence-electron chi connectivity index (χ2n) is 6.50. The molecule has 32 heavy (non-hydrogen) atoms. The second-order valence-corrected chi connectivity index (χ2v) is 6.50. The highest BCUT2D eigenvalue weighted by molar-refractivity contribution is 5.69. The van der Waals surface area contributed by atoms with Gasteiger partial charge in [-0.3, -0.25) is 4.40 Å². The van der Waals surface area contributed by atoms with Gasteiger partial charge >= 0.3 is 12.8 Å². The molecule has 4 aromatic rings. The molecule has 0 bridgehead atoms. The van der Waals surface area contributed by atoms with Gasteiger partial charge in [0.25, 0.3) is 0 Å². The van der Waals surface area contributed by atoms with Gasteiger partial charge in [0.2, 0.25) is 0 Å². The number of nitrogens with zero attached hydrogens (tertiary/aromatic N) is 4. The molecule has 0 radical (unpaired) electrons. The van der Waals surface area contributed by atoms with Crippen LogP contribution in [-0.2, 0) is 6.18 Å². The molecule has 0 unspecified atom stereocenters. The van der Waals surface area contributed by atoms with E-state index >= 15 is 0 Å². The number of alkyl halides is 5. The molecule has 0 saturated carbocycles. The Morgan fingerprint density at radius 3 is 2.44 bits per heavy atom. The maximum atomic E-state index is 13.7. The van der Waals surface area contributed by atoms with E-state index in [0.29, 0.717) is 5.69 Å². The van der Waals surface area contributed by atoms with Crippen molar-refractivity contribution < 1.29 is 26.7 Å². The molecule has 4 rings (SSSR count). The first-order valence-corrected chi connectivity index (χ1v) is 9.03. The molecule has 162 valence electrons. The number of pyridine rings is 2. The third kappa shape index (κ3) is 4.29. The van der Waals surface area contributed by atoms with Crippen molar-refractivity contribution in [1.29, 1.82) is 5.26 Å². The van der Waals surface area contributed by atoms with Crippen LogP contribution >= 0.6 is 0 Å². The van der Waals surface area contributed by atoms with Crippen LogP contribution < -0.4 is 10.1 Å². The summed E-state index contributed by atoms with van der Waals surface area (Å²) in [4.78, 5) is 7.92. The highest BCUT2D eigenvalue weighted by Crippen LogP contribution is 2.37. The van der Waals surface area contributed by atoms with Gasteiger partial charge in [0.1, 0.15) is 22.9 Å². The molecule has 0 aliphatic rings. The predicted octanol–water partition coefficient (Wildman–Crippen LogP) is 5.63. The topological polar surface area (TPSA) is 75.2 Å². The molecule has 0 amide bonds. The van der Waals surface area contributed by atoms with E-state index in [-0.39, 0.29) is 34.2 Å². The van der Waals surface area contributed by atoms with E-state index in [4.69, 9.17) is 0 Å². The Hall–Kier alpha value is -4.20. The first kappa shape index (κ1) is 21.0. The van der Waals surface area contributed by atoms with Crippen LogP contribution in [0.15, 0.2) is 60.8 Å². The molecule has 11 heteroatoms. The van der Waals surface area contributed by atoms with E-state index < -0.39 is 18.5 Å². The van der Waals surface area contributed by atoms with Crippen LogP contribution in [0.2, 0.25) is 0 Å². The zero-order chi connectivity index (χ0) is 22.9. The maximum absolute atomic E-state index is 13.7. The molecule has 0 aliphatic heterocycles. The molecule has 1 N–H and O–H groups in total. The van der Waals surface area contributed by atoms with Crippen molar-refractivity contribution in [2.24, 2.45) is 0 Å². The van der Waals surface area contributed by atoms with Gasteiger partial charge in [0.05, 0.1) is 17.3 Å². The quantitative estimate of drug-likeness (QED) is 0.403. The Bertz CT molecular complexity index is 1310. The van der Waals surface area contributed by atoms with Gasteiger partial charge in [-0.1, -0.05) is 6.07 Å². The average molecular weight is 445 g/mol. The van der Waals surface area contributed by atoms with Crippen LogP contribution in [0, 0.1) is 11.3 Å². The summed E-state index contributed by atoms with van der Waals surface area (Å²) in [7, 11) is 0. The smallest absolute Gasteiger partial charge is 0.435 e. The number of hydrogen-bond donors (Lipinski definition) is 1. The second kappa shape index (κ2) is 8.14. The van der Waals surface area contributed by atoms with Gasteiger partial charge in [-0.25, -0.2) is 9.97 Å². The molecular weight excluding hydrogens is 433 g/mol.